The molecule has 0 aliphatic carbocycles. The van der Waals surface area contributed by atoms with Gasteiger partial charge in [-0.25, -0.2) is 4.79 Å². The average molecular weight is 376 g/mol. The Labute approximate surface area is 155 Å². The molecule has 0 fully saturated rings. The molecule has 0 bridgehead atoms. The summed E-state index contributed by atoms with van der Waals surface area (Å²) in [6.07, 6.45) is -0.821. The van der Waals surface area contributed by atoms with E-state index in [1.165, 1.54) is 7.11 Å². The van der Waals surface area contributed by atoms with Crippen molar-refractivity contribution in [2.75, 3.05) is 7.11 Å². The molecule has 2 heterocycles. The lowest BCUT2D eigenvalue weighted by atomic mass is 9.85. The topological polar surface area (TPSA) is 86.5 Å². The van der Waals surface area contributed by atoms with Crippen LogP contribution in [-0.2, 0) is 9.47 Å². The zero-order chi connectivity index (χ0) is 18.8. The van der Waals surface area contributed by atoms with Crippen LogP contribution in [0.5, 0.6) is 0 Å². The summed E-state index contributed by atoms with van der Waals surface area (Å²) in [4.78, 5) is 16.1. The Bertz CT molecular complexity index is 917. The van der Waals surface area contributed by atoms with Gasteiger partial charge in [0.2, 0.25) is 0 Å². The lowest BCUT2D eigenvalue weighted by molar-refractivity contribution is 0.0928. The molecule has 1 unspecified atom stereocenters. The van der Waals surface area contributed by atoms with Crippen LogP contribution < -0.4 is 5.32 Å². The Balaban J connectivity index is 2.20. The number of carbonyl (C=O) groups excluding carboxylic acids is 1. The van der Waals surface area contributed by atoms with Gasteiger partial charge in [-0.3, -0.25) is 0 Å². The molecule has 2 aromatic rings. The van der Waals surface area contributed by atoms with Crippen molar-refractivity contribution < 1.29 is 18.8 Å². The van der Waals surface area contributed by atoms with Crippen LogP contribution in [0.2, 0.25) is 5.02 Å². The average Bonchev–Trinajstić information content (AvgIpc) is 3.03. The van der Waals surface area contributed by atoms with E-state index in [1.54, 1.807) is 13.0 Å². The van der Waals surface area contributed by atoms with E-state index < -0.39 is 12.1 Å². The van der Waals surface area contributed by atoms with Crippen molar-refractivity contribution in [2.45, 2.75) is 26.7 Å². The maximum atomic E-state index is 11.8. The van der Waals surface area contributed by atoms with E-state index in [2.05, 4.69) is 20.2 Å². The molecule has 1 aromatic carbocycles. The minimum atomic E-state index is -0.821. The molecule has 26 heavy (non-hydrogen) atoms. The van der Waals surface area contributed by atoms with Gasteiger partial charge in [-0.05, 0) is 32.4 Å². The predicted molar refractivity (Wildman–Crippen MR) is 95.1 cm³/mol. The second-order valence-corrected chi connectivity index (χ2v) is 6.22. The third-order valence-corrected chi connectivity index (χ3v) is 4.38. The molecule has 3 rings (SSSR count). The summed E-state index contributed by atoms with van der Waals surface area (Å²) in [6, 6.07) is 7.33. The van der Waals surface area contributed by atoms with Crippen LogP contribution in [0, 0.1) is 6.92 Å². The summed E-state index contributed by atoms with van der Waals surface area (Å²) in [6.45, 7) is 5.43. The fourth-order valence-electron chi connectivity index (χ4n) is 2.94. The molecule has 1 N–H and O–H groups in total. The first kappa shape index (κ1) is 18.0. The van der Waals surface area contributed by atoms with E-state index in [4.69, 9.17) is 20.9 Å². The number of benzene rings is 1. The highest BCUT2D eigenvalue weighted by Crippen LogP contribution is 2.45. The van der Waals surface area contributed by atoms with Crippen LogP contribution in [-0.4, -0.2) is 23.4 Å². The number of hydrogen-bond acceptors (Lipinski definition) is 7. The molecule has 8 heteroatoms. The molecule has 1 aliphatic heterocycles. The molecule has 1 atom stereocenters. The van der Waals surface area contributed by atoms with Gasteiger partial charge in [0.05, 0.1) is 24.3 Å². The Hall–Kier alpha value is -2.80. The number of dihydropyridines is 1. The van der Waals surface area contributed by atoms with Gasteiger partial charge in [0.1, 0.15) is 5.76 Å². The summed E-state index contributed by atoms with van der Waals surface area (Å²) < 4.78 is 15.5. The number of rotatable bonds is 3. The van der Waals surface area contributed by atoms with Crippen molar-refractivity contribution in [3.63, 3.8) is 0 Å². The van der Waals surface area contributed by atoms with E-state index in [9.17, 15) is 4.79 Å². The molecule has 0 amide bonds. The van der Waals surface area contributed by atoms with E-state index in [0.717, 1.165) is 11.3 Å². The Kier molecular flexibility index (Phi) is 4.99. The Morgan fingerprint density at radius 2 is 1.96 bits per heavy atom. The van der Waals surface area contributed by atoms with Gasteiger partial charge in [-0.1, -0.05) is 35.0 Å². The molecule has 0 spiro atoms. The number of aryl methyl sites for hydroxylation is 1. The molecule has 1 aliphatic rings. The van der Waals surface area contributed by atoms with Crippen LogP contribution in [0.25, 0.3) is 5.57 Å². The number of carbonyl (C=O) groups is 1. The van der Waals surface area contributed by atoms with Crippen molar-refractivity contribution in [1.29, 1.82) is 0 Å². The minimum absolute atomic E-state index is 0.330. The van der Waals surface area contributed by atoms with Gasteiger partial charge in [0, 0.05) is 10.7 Å². The Morgan fingerprint density at radius 3 is 2.58 bits per heavy atom. The van der Waals surface area contributed by atoms with Crippen LogP contribution in [0.3, 0.4) is 0 Å². The minimum Gasteiger partial charge on any atom is -0.437 e. The van der Waals surface area contributed by atoms with Crippen LogP contribution >= 0.6 is 11.6 Å². The van der Waals surface area contributed by atoms with Gasteiger partial charge in [-0.2, -0.15) is 4.98 Å². The Morgan fingerprint density at radius 1 is 1.23 bits per heavy atom. The predicted octanol–water partition coefficient (Wildman–Crippen LogP) is 4.16. The first-order valence-corrected chi connectivity index (χ1v) is 8.29. The highest BCUT2D eigenvalue weighted by atomic mass is 35.5. The van der Waals surface area contributed by atoms with Crippen molar-refractivity contribution in [1.82, 2.24) is 15.5 Å². The molecule has 7 nitrogen and oxygen atoms in total. The maximum Gasteiger partial charge on any atom is 0.513 e. The van der Waals surface area contributed by atoms with Gasteiger partial charge >= 0.3 is 6.16 Å². The summed E-state index contributed by atoms with van der Waals surface area (Å²) in [7, 11) is 1.25. The molecule has 1 aromatic heterocycles. The van der Waals surface area contributed by atoms with E-state index >= 15 is 0 Å². The van der Waals surface area contributed by atoms with Crippen LogP contribution in [0.15, 0.2) is 45.9 Å². The number of aromatic nitrogens is 2. The largest absolute Gasteiger partial charge is 0.513 e. The fraction of sp³-hybridized carbons (Fsp3) is 0.278. The number of halogens is 1. The number of ether oxygens (including phenoxy) is 2. The van der Waals surface area contributed by atoms with Crippen molar-refractivity contribution in [3.8, 4) is 0 Å². The lowest BCUT2D eigenvalue weighted by Gasteiger charge is -2.30. The first-order valence-electron chi connectivity index (χ1n) is 7.91. The van der Waals surface area contributed by atoms with E-state index in [-0.39, 0.29) is 0 Å². The lowest BCUT2D eigenvalue weighted by Crippen LogP contribution is -2.26. The quantitative estimate of drug-likeness (QED) is 0.806. The number of nitrogens with zero attached hydrogens (tertiary/aromatic N) is 2. The highest BCUT2D eigenvalue weighted by molar-refractivity contribution is 6.31. The van der Waals surface area contributed by atoms with E-state index in [0.29, 0.717) is 33.8 Å². The highest BCUT2D eigenvalue weighted by Gasteiger charge is 2.36. The van der Waals surface area contributed by atoms with Gasteiger partial charge in [-0.15, -0.1) is 0 Å². The molecule has 0 radical (unpaired) electrons. The van der Waals surface area contributed by atoms with Gasteiger partial charge in [0.15, 0.2) is 5.82 Å². The van der Waals surface area contributed by atoms with Gasteiger partial charge in [0.25, 0.3) is 5.89 Å². The SMILES string of the molecule is COC(=O)OC1=C(C)NC(C)=C(c2nc(C)no2)C1c1ccccc1Cl. The summed E-state index contributed by atoms with van der Waals surface area (Å²) in [5.74, 6) is 0.682. The number of hydrogen-bond donors (Lipinski definition) is 1. The van der Waals surface area contributed by atoms with E-state index in [1.807, 2.05) is 32.0 Å². The van der Waals surface area contributed by atoms with Crippen molar-refractivity contribution in [3.05, 3.63) is 63.7 Å². The zero-order valence-corrected chi connectivity index (χ0v) is 15.5. The summed E-state index contributed by atoms with van der Waals surface area (Å²) >= 11 is 6.44. The maximum absolute atomic E-state index is 11.8. The molecular formula is C18H18ClN3O4. The zero-order valence-electron chi connectivity index (χ0n) is 14.8. The molecular weight excluding hydrogens is 358 g/mol. The smallest absolute Gasteiger partial charge is 0.437 e. The first-order chi connectivity index (χ1) is 12.4. The summed E-state index contributed by atoms with van der Waals surface area (Å²) in [5, 5.41) is 7.59. The standard InChI is InChI=1S/C18H18ClN3O4/c1-9-14(17-21-11(3)22-26-17)15(12-7-5-6-8-13(12)19)16(10(2)20-9)25-18(23)24-4/h5-8,15,20H,1-4H3. The molecule has 136 valence electrons. The number of methoxy groups -OCH3 is 1. The monoisotopic (exact) mass is 375 g/mol. The second-order valence-electron chi connectivity index (χ2n) is 5.81. The normalized spacial score (nSPS) is 17.2. The third kappa shape index (κ3) is 3.30. The molecule has 0 saturated heterocycles. The number of nitrogens with one attached hydrogen (secondary N) is 1. The number of allylic oxidation sites excluding steroid dienone is 3. The molecule has 0 saturated carbocycles. The van der Waals surface area contributed by atoms with Crippen molar-refractivity contribution >= 4 is 23.3 Å². The summed E-state index contributed by atoms with van der Waals surface area (Å²) in [5.41, 5.74) is 2.90. The van der Waals surface area contributed by atoms with Crippen LogP contribution in [0.4, 0.5) is 4.79 Å². The third-order valence-electron chi connectivity index (χ3n) is 4.03. The van der Waals surface area contributed by atoms with Gasteiger partial charge < -0.3 is 19.3 Å². The second kappa shape index (κ2) is 7.21. The van der Waals surface area contributed by atoms with Crippen molar-refractivity contribution in [2.24, 2.45) is 0 Å². The fourth-order valence-corrected chi connectivity index (χ4v) is 3.18. The van der Waals surface area contributed by atoms with Crippen LogP contribution in [0.1, 0.15) is 37.0 Å².